The lowest BCUT2D eigenvalue weighted by molar-refractivity contribution is 0.270. The van der Waals surface area contributed by atoms with E-state index in [2.05, 4.69) is 79.7 Å². The normalized spacial score (nSPS) is 12.6. The smallest absolute Gasteiger partial charge is 0.0352 e. The molecule has 2 nitrogen and oxygen atoms in total. The van der Waals surface area contributed by atoms with Gasteiger partial charge < -0.3 is 11.5 Å². The molecule has 0 saturated carbocycles. The van der Waals surface area contributed by atoms with Gasteiger partial charge in [0.25, 0.3) is 0 Å². The van der Waals surface area contributed by atoms with Crippen molar-refractivity contribution in [3.05, 3.63) is 58.7 Å². The van der Waals surface area contributed by atoms with Gasteiger partial charge >= 0.3 is 0 Å². The molecule has 2 rings (SSSR count). The van der Waals surface area contributed by atoms with Crippen LogP contribution in [-0.2, 0) is 5.41 Å². The summed E-state index contributed by atoms with van der Waals surface area (Å²) in [6, 6.07) is 12.9. The largest absolute Gasteiger partial charge is 0.399 e. The summed E-state index contributed by atoms with van der Waals surface area (Å²) in [7, 11) is 0. The Morgan fingerprint density at radius 2 is 1.11 bits per heavy atom. The molecule has 0 spiro atoms. The number of rotatable bonds is 6. The Balaban J connectivity index is 2.97. The maximum atomic E-state index is 6.47. The van der Waals surface area contributed by atoms with Gasteiger partial charge in [-0.05, 0) is 64.1 Å². The number of benzene rings is 2. The summed E-state index contributed by atoms with van der Waals surface area (Å²) in [5.74, 6) is 1.67. The summed E-state index contributed by atoms with van der Waals surface area (Å²) in [6.45, 7) is 18.4. The van der Waals surface area contributed by atoms with Crippen LogP contribution in [0.15, 0.2) is 36.4 Å². The molecule has 148 valence electrons. The van der Waals surface area contributed by atoms with E-state index >= 15 is 0 Å². The van der Waals surface area contributed by atoms with Gasteiger partial charge in [0.15, 0.2) is 0 Å². The predicted octanol–water partition coefficient (Wildman–Crippen LogP) is 6.70. The molecule has 0 saturated heterocycles. The molecule has 0 radical (unpaired) electrons. The van der Waals surface area contributed by atoms with Gasteiger partial charge in [0.2, 0.25) is 0 Å². The second-order valence-corrected chi connectivity index (χ2v) is 9.14. The van der Waals surface area contributed by atoms with Gasteiger partial charge in [-0.3, -0.25) is 0 Å². The van der Waals surface area contributed by atoms with E-state index in [1.54, 1.807) is 0 Å². The number of anilines is 2. The second kappa shape index (κ2) is 7.96. The zero-order valence-corrected chi connectivity index (χ0v) is 18.4. The molecule has 4 N–H and O–H groups in total. The van der Waals surface area contributed by atoms with Crippen molar-refractivity contribution in [3.8, 4) is 0 Å². The summed E-state index contributed by atoms with van der Waals surface area (Å²) in [6.07, 6.45) is 0. The second-order valence-electron chi connectivity index (χ2n) is 9.14. The topological polar surface area (TPSA) is 52.0 Å². The highest BCUT2D eigenvalue weighted by Crippen LogP contribution is 2.50. The SMILES string of the molecule is CC(C)c1c(N)ccc(C(c2ccc(N)cc2)(C(C)C)C(C)C)c1C(C)C. The van der Waals surface area contributed by atoms with Crippen molar-refractivity contribution in [3.63, 3.8) is 0 Å². The highest BCUT2D eigenvalue weighted by Gasteiger charge is 2.43. The lowest BCUT2D eigenvalue weighted by atomic mass is 9.58. The minimum Gasteiger partial charge on any atom is -0.399 e. The molecule has 27 heavy (non-hydrogen) atoms. The van der Waals surface area contributed by atoms with Gasteiger partial charge in [0, 0.05) is 16.8 Å². The minimum atomic E-state index is -0.0926. The van der Waals surface area contributed by atoms with Crippen molar-refractivity contribution in [1.29, 1.82) is 0 Å². The van der Waals surface area contributed by atoms with Crippen LogP contribution in [0.5, 0.6) is 0 Å². The Morgan fingerprint density at radius 1 is 0.630 bits per heavy atom. The van der Waals surface area contributed by atoms with Gasteiger partial charge in [0.05, 0.1) is 0 Å². The van der Waals surface area contributed by atoms with Gasteiger partial charge in [0.1, 0.15) is 0 Å². The maximum absolute atomic E-state index is 6.47. The zero-order chi connectivity index (χ0) is 20.5. The van der Waals surface area contributed by atoms with Crippen molar-refractivity contribution >= 4 is 11.4 Å². The lowest BCUT2D eigenvalue weighted by Gasteiger charge is -2.45. The van der Waals surface area contributed by atoms with E-state index in [0.29, 0.717) is 23.7 Å². The molecule has 0 bridgehead atoms. The van der Waals surface area contributed by atoms with E-state index in [0.717, 1.165) is 11.4 Å². The molecule has 0 aliphatic carbocycles. The monoisotopic (exact) mass is 366 g/mol. The predicted molar refractivity (Wildman–Crippen MR) is 120 cm³/mol. The van der Waals surface area contributed by atoms with Gasteiger partial charge in [-0.1, -0.05) is 73.6 Å². The Hall–Kier alpha value is -1.96. The average molecular weight is 367 g/mol. The first-order valence-electron chi connectivity index (χ1n) is 10.3. The van der Waals surface area contributed by atoms with E-state index < -0.39 is 0 Å². The van der Waals surface area contributed by atoms with Crippen LogP contribution in [0.4, 0.5) is 11.4 Å². The average Bonchev–Trinajstić information content (AvgIpc) is 2.56. The molecule has 0 aromatic heterocycles. The maximum Gasteiger partial charge on any atom is 0.0352 e. The molecule has 2 aromatic rings. The zero-order valence-electron chi connectivity index (χ0n) is 18.4. The van der Waals surface area contributed by atoms with Crippen molar-refractivity contribution in [1.82, 2.24) is 0 Å². The van der Waals surface area contributed by atoms with Gasteiger partial charge in [-0.15, -0.1) is 0 Å². The third-order valence-electron chi connectivity index (χ3n) is 6.13. The highest BCUT2D eigenvalue weighted by molar-refractivity contribution is 5.60. The minimum absolute atomic E-state index is 0.0926. The van der Waals surface area contributed by atoms with E-state index in [-0.39, 0.29) is 5.41 Å². The van der Waals surface area contributed by atoms with Crippen LogP contribution >= 0.6 is 0 Å². The van der Waals surface area contributed by atoms with Gasteiger partial charge in [-0.2, -0.15) is 0 Å². The first kappa shape index (κ1) is 21.3. The highest BCUT2D eigenvalue weighted by atomic mass is 14.6. The molecule has 0 amide bonds. The van der Waals surface area contributed by atoms with Crippen LogP contribution < -0.4 is 11.5 Å². The first-order valence-corrected chi connectivity index (χ1v) is 10.3. The molecule has 0 atom stereocenters. The van der Waals surface area contributed by atoms with Crippen LogP contribution in [0.1, 0.15) is 89.5 Å². The fourth-order valence-electron chi connectivity index (χ4n) is 5.15. The summed E-state index contributed by atoms with van der Waals surface area (Å²) in [5.41, 5.74) is 19.6. The third kappa shape index (κ3) is 3.59. The summed E-state index contributed by atoms with van der Waals surface area (Å²) in [4.78, 5) is 0. The quantitative estimate of drug-likeness (QED) is 0.559. The van der Waals surface area contributed by atoms with E-state index in [1.807, 2.05) is 12.1 Å². The van der Waals surface area contributed by atoms with Crippen LogP contribution in [0.25, 0.3) is 0 Å². The van der Waals surface area contributed by atoms with E-state index in [1.165, 1.54) is 22.3 Å². The van der Waals surface area contributed by atoms with Crippen molar-refractivity contribution < 1.29 is 0 Å². The molecular weight excluding hydrogens is 328 g/mol. The van der Waals surface area contributed by atoms with Crippen LogP contribution in [0.2, 0.25) is 0 Å². The Labute approximate surface area is 166 Å². The molecule has 0 fully saturated rings. The van der Waals surface area contributed by atoms with E-state index in [9.17, 15) is 0 Å². The summed E-state index contributed by atoms with van der Waals surface area (Å²) >= 11 is 0. The Bertz CT molecular complexity index is 760. The third-order valence-corrected chi connectivity index (χ3v) is 6.13. The fraction of sp³-hybridized carbons (Fsp3) is 0.520. The van der Waals surface area contributed by atoms with Gasteiger partial charge in [-0.25, -0.2) is 0 Å². The summed E-state index contributed by atoms with van der Waals surface area (Å²) < 4.78 is 0. The molecule has 2 aromatic carbocycles. The Morgan fingerprint density at radius 3 is 1.52 bits per heavy atom. The number of hydrogen-bond acceptors (Lipinski definition) is 2. The molecule has 0 heterocycles. The fourth-order valence-corrected chi connectivity index (χ4v) is 5.15. The van der Waals surface area contributed by atoms with Crippen LogP contribution in [-0.4, -0.2) is 0 Å². The summed E-state index contributed by atoms with van der Waals surface area (Å²) in [5, 5.41) is 0. The Kier molecular flexibility index (Phi) is 6.29. The van der Waals surface area contributed by atoms with E-state index in [4.69, 9.17) is 11.5 Å². The van der Waals surface area contributed by atoms with Crippen molar-refractivity contribution in [2.24, 2.45) is 11.8 Å². The lowest BCUT2D eigenvalue weighted by Crippen LogP contribution is -2.40. The van der Waals surface area contributed by atoms with Crippen molar-refractivity contribution in [2.45, 2.75) is 72.6 Å². The number of nitrogen functional groups attached to an aromatic ring is 2. The number of nitrogens with two attached hydrogens (primary N) is 2. The molecule has 0 unspecified atom stereocenters. The van der Waals surface area contributed by atoms with Crippen molar-refractivity contribution in [2.75, 3.05) is 11.5 Å². The molecule has 0 aliphatic rings. The standard InChI is InChI=1S/C25H38N2/c1-15(2)23-21(13-14-22(27)24(23)16(3)4)25(17(5)6,18(7)8)19-9-11-20(26)12-10-19/h9-18H,26-27H2,1-8H3. The van der Waals surface area contributed by atoms with Crippen LogP contribution in [0, 0.1) is 11.8 Å². The molecule has 0 aliphatic heterocycles. The number of hydrogen-bond donors (Lipinski definition) is 2. The molecule has 2 heteroatoms. The van der Waals surface area contributed by atoms with Crippen LogP contribution in [0.3, 0.4) is 0 Å². The molecular formula is C25H38N2. The first-order chi connectivity index (χ1) is 12.5.